The number of rotatable bonds is 3. The van der Waals surface area contributed by atoms with Gasteiger partial charge >= 0.3 is 0 Å². The number of thiophene rings is 1. The van der Waals surface area contributed by atoms with Crippen LogP contribution in [0.4, 0.5) is 5.69 Å². The summed E-state index contributed by atoms with van der Waals surface area (Å²) in [6.45, 7) is 3.79. The first-order valence-electron chi connectivity index (χ1n) is 8.02. The van der Waals surface area contributed by atoms with Crippen molar-refractivity contribution in [3.8, 4) is 11.6 Å². The Balaban J connectivity index is 1.74. The van der Waals surface area contributed by atoms with Crippen molar-refractivity contribution in [2.24, 2.45) is 0 Å². The van der Waals surface area contributed by atoms with Crippen LogP contribution in [-0.2, 0) is 0 Å². The van der Waals surface area contributed by atoms with Crippen molar-refractivity contribution in [2.75, 3.05) is 5.32 Å². The van der Waals surface area contributed by atoms with Crippen LogP contribution in [0, 0.1) is 13.8 Å². The highest BCUT2D eigenvalue weighted by Crippen LogP contribution is 2.34. The normalized spacial score (nSPS) is 11.1. The van der Waals surface area contributed by atoms with E-state index in [1.807, 2.05) is 13.8 Å². The van der Waals surface area contributed by atoms with Gasteiger partial charge in [-0.1, -0.05) is 23.2 Å². The zero-order valence-electron chi connectivity index (χ0n) is 14.3. The average Bonchev–Trinajstić information content (AvgIpc) is 3.26. The molecule has 0 aliphatic carbocycles. The third-order valence-electron chi connectivity index (χ3n) is 4.10. The number of nitrogens with zero attached hydrogens (tertiary/aromatic N) is 2. The molecule has 4 aromatic rings. The Morgan fingerprint density at radius 3 is 2.70 bits per heavy atom. The van der Waals surface area contributed by atoms with E-state index in [2.05, 4.69) is 15.3 Å². The van der Waals surface area contributed by atoms with Gasteiger partial charge in [0.05, 0.1) is 27.5 Å². The Labute approximate surface area is 169 Å². The molecule has 0 aliphatic heterocycles. The minimum atomic E-state index is -0.251. The molecule has 3 aromatic heterocycles. The van der Waals surface area contributed by atoms with Crippen molar-refractivity contribution in [2.45, 2.75) is 13.8 Å². The molecule has 1 N–H and O–H groups in total. The van der Waals surface area contributed by atoms with Crippen molar-refractivity contribution in [3.05, 3.63) is 62.8 Å². The Hall–Kier alpha value is -2.41. The van der Waals surface area contributed by atoms with E-state index in [-0.39, 0.29) is 5.91 Å². The van der Waals surface area contributed by atoms with Gasteiger partial charge in [0.2, 0.25) is 0 Å². The number of amides is 1. The summed E-state index contributed by atoms with van der Waals surface area (Å²) in [6, 6.07) is 8.52. The van der Waals surface area contributed by atoms with Crippen LogP contribution in [0.3, 0.4) is 0 Å². The molecule has 0 bridgehead atoms. The second-order valence-electron chi connectivity index (χ2n) is 5.92. The number of benzene rings is 1. The van der Waals surface area contributed by atoms with Gasteiger partial charge < -0.3 is 9.73 Å². The van der Waals surface area contributed by atoms with Crippen LogP contribution in [0.25, 0.3) is 21.8 Å². The lowest BCUT2D eigenvalue weighted by Gasteiger charge is -2.07. The van der Waals surface area contributed by atoms with E-state index >= 15 is 0 Å². The Kier molecular flexibility index (Phi) is 4.63. The molecule has 0 aliphatic rings. The van der Waals surface area contributed by atoms with E-state index in [1.165, 1.54) is 11.3 Å². The largest absolute Gasteiger partial charge is 0.461 e. The minimum absolute atomic E-state index is 0.251. The highest BCUT2D eigenvalue weighted by atomic mass is 35.5. The predicted molar refractivity (Wildman–Crippen MR) is 109 cm³/mol. The van der Waals surface area contributed by atoms with E-state index in [1.54, 1.807) is 36.6 Å². The fourth-order valence-corrected chi connectivity index (χ4v) is 4.42. The predicted octanol–water partition coefficient (Wildman–Crippen LogP) is 6.13. The number of carbonyl (C=O) groups is 1. The maximum absolute atomic E-state index is 12.8. The second kappa shape index (κ2) is 6.96. The maximum atomic E-state index is 12.8. The summed E-state index contributed by atoms with van der Waals surface area (Å²) in [6.07, 6.45) is 1.58. The van der Waals surface area contributed by atoms with Gasteiger partial charge in [-0.2, -0.15) is 0 Å². The molecule has 1 amide bonds. The first-order chi connectivity index (χ1) is 12.9. The number of aryl methyl sites for hydroxylation is 2. The van der Waals surface area contributed by atoms with Crippen molar-refractivity contribution in [1.29, 1.82) is 0 Å². The lowest BCUT2D eigenvalue weighted by Crippen LogP contribution is -2.11. The monoisotopic (exact) mass is 417 g/mol. The van der Waals surface area contributed by atoms with Gasteiger partial charge in [0.15, 0.2) is 11.6 Å². The zero-order valence-corrected chi connectivity index (χ0v) is 16.7. The molecule has 3 heterocycles. The smallest absolute Gasteiger partial charge is 0.266 e. The summed E-state index contributed by atoms with van der Waals surface area (Å²) >= 11 is 13.4. The standard InChI is InChI=1S/C19H13Cl2N3O2S/c1-9-15-10(2)22-17(14-4-3-7-26-14)24-19(15)27-16(9)18(25)23-13-6-5-11(20)8-12(13)21/h3-8H,1-2H3,(H,23,25). The second-order valence-corrected chi connectivity index (χ2v) is 7.77. The Morgan fingerprint density at radius 1 is 1.19 bits per heavy atom. The molecular formula is C19H13Cl2N3O2S. The van der Waals surface area contributed by atoms with Gasteiger partial charge in [0.1, 0.15) is 4.83 Å². The quantitative estimate of drug-likeness (QED) is 0.435. The van der Waals surface area contributed by atoms with E-state index in [4.69, 9.17) is 27.6 Å². The number of carbonyl (C=O) groups excluding carboxylic acids is 1. The highest BCUT2D eigenvalue weighted by molar-refractivity contribution is 7.20. The molecule has 0 atom stereocenters. The van der Waals surface area contributed by atoms with Gasteiger partial charge in [-0.25, -0.2) is 9.97 Å². The van der Waals surface area contributed by atoms with Crippen LogP contribution in [0.2, 0.25) is 10.0 Å². The van der Waals surface area contributed by atoms with Crippen molar-refractivity contribution >= 4 is 56.3 Å². The molecule has 8 heteroatoms. The van der Waals surface area contributed by atoms with Crippen molar-refractivity contribution in [3.63, 3.8) is 0 Å². The topological polar surface area (TPSA) is 68.0 Å². The van der Waals surface area contributed by atoms with E-state index in [0.29, 0.717) is 32.2 Å². The minimum Gasteiger partial charge on any atom is -0.461 e. The summed E-state index contributed by atoms with van der Waals surface area (Å²) in [5.74, 6) is 0.836. The van der Waals surface area contributed by atoms with Crippen LogP contribution in [0.5, 0.6) is 0 Å². The molecule has 0 radical (unpaired) electrons. The number of nitrogens with one attached hydrogen (secondary N) is 1. The number of hydrogen-bond acceptors (Lipinski definition) is 5. The molecule has 136 valence electrons. The average molecular weight is 418 g/mol. The van der Waals surface area contributed by atoms with Crippen LogP contribution < -0.4 is 5.32 Å². The number of furan rings is 1. The van der Waals surface area contributed by atoms with E-state index in [0.717, 1.165) is 21.5 Å². The molecule has 0 spiro atoms. The van der Waals surface area contributed by atoms with Gasteiger partial charge in [-0.15, -0.1) is 11.3 Å². The van der Waals surface area contributed by atoms with Crippen molar-refractivity contribution < 1.29 is 9.21 Å². The number of anilines is 1. The van der Waals surface area contributed by atoms with Gasteiger partial charge in [-0.3, -0.25) is 4.79 Å². The molecule has 0 fully saturated rings. The SMILES string of the molecule is Cc1nc(-c2ccco2)nc2sc(C(=O)Nc3ccc(Cl)cc3Cl)c(C)c12. The maximum Gasteiger partial charge on any atom is 0.266 e. The van der Waals surface area contributed by atoms with Crippen LogP contribution in [0.1, 0.15) is 20.9 Å². The third kappa shape index (κ3) is 3.32. The first-order valence-corrected chi connectivity index (χ1v) is 9.59. The number of fused-ring (bicyclic) bond motifs is 1. The molecule has 27 heavy (non-hydrogen) atoms. The first kappa shape index (κ1) is 18.0. The molecule has 0 unspecified atom stereocenters. The van der Waals surface area contributed by atoms with Crippen LogP contribution >= 0.6 is 34.5 Å². The van der Waals surface area contributed by atoms with Crippen LogP contribution in [-0.4, -0.2) is 15.9 Å². The number of halogens is 2. The fraction of sp³-hybridized carbons (Fsp3) is 0.105. The summed E-state index contributed by atoms with van der Waals surface area (Å²) in [4.78, 5) is 23.2. The van der Waals surface area contributed by atoms with Crippen LogP contribution in [0.15, 0.2) is 41.0 Å². The lowest BCUT2D eigenvalue weighted by atomic mass is 10.1. The highest BCUT2D eigenvalue weighted by Gasteiger charge is 2.20. The van der Waals surface area contributed by atoms with E-state index in [9.17, 15) is 4.79 Å². The fourth-order valence-electron chi connectivity index (χ4n) is 2.84. The Morgan fingerprint density at radius 2 is 2.00 bits per heavy atom. The number of aromatic nitrogens is 2. The van der Waals surface area contributed by atoms with Gasteiger partial charge in [0, 0.05) is 10.4 Å². The zero-order chi connectivity index (χ0) is 19.1. The van der Waals surface area contributed by atoms with E-state index < -0.39 is 0 Å². The lowest BCUT2D eigenvalue weighted by molar-refractivity contribution is 0.103. The molecule has 0 saturated carbocycles. The molecular weight excluding hydrogens is 405 g/mol. The summed E-state index contributed by atoms with van der Waals surface area (Å²) in [5, 5.41) is 4.60. The summed E-state index contributed by atoms with van der Waals surface area (Å²) in [5.41, 5.74) is 2.13. The number of hydrogen-bond donors (Lipinski definition) is 1. The van der Waals surface area contributed by atoms with Gasteiger partial charge in [-0.05, 0) is 49.7 Å². The summed E-state index contributed by atoms with van der Waals surface area (Å²) < 4.78 is 5.38. The third-order valence-corrected chi connectivity index (χ3v) is 5.83. The van der Waals surface area contributed by atoms with Crippen molar-refractivity contribution in [1.82, 2.24) is 9.97 Å². The molecule has 0 saturated heterocycles. The molecule has 4 rings (SSSR count). The summed E-state index contributed by atoms with van der Waals surface area (Å²) in [7, 11) is 0. The molecule has 1 aromatic carbocycles. The Bertz CT molecular complexity index is 1170. The van der Waals surface area contributed by atoms with Gasteiger partial charge in [0.25, 0.3) is 5.91 Å². The molecule has 5 nitrogen and oxygen atoms in total.